The van der Waals surface area contributed by atoms with Crippen LogP contribution in [-0.2, 0) is 4.79 Å². The maximum atomic E-state index is 12.4. The smallest absolute Gasteiger partial charge is 0.239 e. The zero-order valence-corrected chi connectivity index (χ0v) is 12.5. The molecule has 1 saturated heterocycles. The van der Waals surface area contributed by atoms with E-state index in [9.17, 15) is 4.79 Å². The standard InChI is InChI=1S/C15H29N3O/c1-16-10-9-14-15(19)17(2)11-12-18(14)13-7-5-3-4-6-8-13/h13-14,16H,3-12H2,1-2H3. The summed E-state index contributed by atoms with van der Waals surface area (Å²) in [5.41, 5.74) is 0. The van der Waals surface area contributed by atoms with Crippen molar-refractivity contribution in [2.45, 2.75) is 57.0 Å². The summed E-state index contributed by atoms with van der Waals surface area (Å²) in [5, 5.41) is 3.19. The van der Waals surface area contributed by atoms with E-state index in [1.165, 1.54) is 38.5 Å². The molecule has 4 heteroatoms. The molecular weight excluding hydrogens is 238 g/mol. The lowest BCUT2D eigenvalue weighted by Gasteiger charge is -2.43. The normalized spacial score (nSPS) is 27.6. The highest BCUT2D eigenvalue weighted by Gasteiger charge is 2.36. The molecule has 1 aliphatic heterocycles. The quantitative estimate of drug-likeness (QED) is 0.783. The van der Waals surface area contributed by atoms with Gasteiger partial charge in [0.25, 0.3) is 0 Å². The van der Waals surface area contributed by atoms with Crippen LogP contribution in [0, 0.1) is 0 Å². The van der Waals surface area contributed by atoms with Gasteiger partial charge in [0.1, 0.15) is 0 Å². The van der Waals surface area contributed by atoms with Crippen molar-refractivity contribution in [3.63, 3.8) is 0 Å². The van der Waals surface area contributed by atoms with E-state index in [4.69, 9.17) is 0 Å². The minimum atomic E-state index is 0.106. The van der Waals surface area contributed by atoms with Crippen molar-refractivity contribution in [1.82, 2.24) is 15.1 Å². The number of rotatable bonds is 4. The van der Waals surface area contributed by atoms with E-state index in [0.29, 0.717) is 11.9 Å². The molecule has 110 valence electrons. The third kappa shape index (κ3) is 3.69. The van der Waals surface area contributed by atoms with E-state index in [2.05, 4.69) is 10.2 Å². The first kappa shape index (κ1) is 14.8. The third-order valence-electron chi connectivity index (χ3n) is 4.72. The van der Waals surface area contributed by atoms with Crippen LogP contribution in [0.2, 0.25) is 0 Å². The van der Waals surface area contributed by atoms with E-state index in [0.717, 1.165) is 26.1 Å². The van der Waals surface area contributed by atoms with Gasteiger partial charge in [-0.25, -0.2) is 0 Å². The Morgan fingerprint density at radius 1 is 1.16 bits per heavy atom. The molecule has 2 aliphatic rings. The zero-order valence-electron chi connectivity index (χ0n) is 12.5. The van der Waals surface area contributed by atoms with Crippen molar-refractivity contribution in [2.75, 3.05) is 33.7 Å². The van der Waals surface area contributed by atoms with Crippen molar-refractivity contribution < 1.29 is 4.79 Å². The van der Waals surface area contributed by atoms with Crippen molar-refractivity contribution in [3.05, 3.63) is 0 Å². The molecule has 0 aromatic carbocycles. The fraction of sp³-hybridized carbons (Fsp3) is 0.933. The SMILES string of the molecule is CNCCC1C(=O)N(C)CCN1C1CCCCCC1. The lowest BCUT2D eigenvalue weighted by atomic mass is 10.00. The van der Waals surface area contributed by atoms with Crippen LogP contribution in [0.25, 0.3) is 0 Å². The first-order valence-corrected chi connectivity index (χ1v) is 7.89. The third-order valence-corrected chi connectivity index (χ3v) is 4.72. The fourth-order valence-corrected chi connectivity index (χ4v) is 3.52. The molecule has 1 heterocycles. The molecular formula is C15H29N3O. The van der Waals surface area contributed by atoms with Crippen molar-refractivity contribution in [2.24, 2.45) is 0 Å². The van der Waals surface area contributed by atoms with Gasteiger partial charge in [-0.3, -0.25) is 9.69 Å². The molecule has 0 aromatic heterocycles. The van der Waals surface area contributed by atoms with E-state index in [1.807, 2.05) is 19.0 Å². The average molecular weight is 267 g/mol. The summed E-state index contributed by atoms with van der Waals surface area (Å²) in [7, 11) is 3.91. The molecule has 1 aliphatic carbocycles. The van der Waals surface area contributed by atoms with Crippen molar-refractivity contribution in [1.29, 1.82) is 0 Å². The number of carbonyl (C=O) groups excluding carboxylic acids is 1. The summed E-state index contributed by atoms with van der Waals surface area (Å²) in [6.07, 6.45) is 8.93. The van der Waals surface area contributed by atoms with Gasteiger partial charge in [-0.1, -0.05) is 25.7 Å². The summed E-state index contributed by atoms with van der Waals surface area (Å²) in [6, 6.07) is 0.747. The van der Waals surface area contributed by atoms with Gasteiger partial charge in [-0.05, 0) is 32.9 Å². The molecule has 0 spiro atoms. The molecule has 1 amide bonds. The molecule has 2 rings (SSSR count). The first-order chi connectivity index (χ1) is 9.24. The van der Waals surface area contributed by atoms with Gasteiger partial charge in [0.2, 0.25) is 5.91 Å². The van der Waals surface area contributed by atoms with Crippen molar-refractivity contribution >= 4 is 5.91 Å². The van der Waals surface area contributed by atoms with Gasteiger partial charge in [0.15, 0.2) is 0 Å². The molecule has 0 radical (unpaired) electrons. The summed E-state index contributed by atoms with van der Waals surface area (Å²) in [4.78, 5) is 16.9. The Bertz CT molecular complexity index is 287. The fourth-order valence-electron chi connectivity index (χ4n) is 3.52. The molecule has 1 saturated carbocycles. The number of hydrogen-bond acceptors (Lipinski definition) is 3. The van der Waals surface area contributed by atoms with Crippen molar-refractivity contribution in [3.8, 4) is 0 Å². The maximum Gasteiger partial charge on any atom is 0.239 e. The maximum absolute atomic E-state index is 12.4. The van der Waals surface area contributed by atoms with Crippen LogP contribution in [-0.4, -0.2) is 61.5 Å². The first-order valence-electron chi connectivity index (χ1n) is 7.89. The van der Waals surface area contributed by atoms with Gasteiger partial charge < -0.3 is 10.2 Å². The summed E-state index contributed by atoms with van der Waals surface area (Å²) < 4.78 is 0. The minimum absolute atomic E-state index is 0.106. The van der Waals surface area contributed by atoms with Crippen LogP contribution in [0.5, 0.6) is 0 Å². The Labute approximate surface area is 117 Å². The van der Waals surface area contributed by atoms with E-state index in [1.54, 1.807) is 0 Å². The molecule has 1 atom stereocenters. The molecule has 19 heavy (non-hydrogen) atoms. The molecule has 2 fully saturated rings. The molecule has 1 unspecified atom stereocenters. The van der Waals surface area contributed by atoms with Crippen LogP contribution in [0.15, 0.2) is 0 Å². The predicted molar refractivity (Wildman–Crippen MR) is 78.2 cm³/mol. The number of likely N-dealkylation sites (N-methyl/N-ethyl adjacent to an activating group) is 1. The largest absolute Gasteiger partial charge is 0.343 e. The second-order valence-electron chi connectivity index (χ2n) is 6.05. The summed E-state index contributed by atoms with van der Waals surface area (Å²) in [5.74, 6) is 0.325. The second kappa shape index (κ2) is 7.25. The number of amides is 1. The van der Waals surface area contributed by atoms with E-state index < -0.39 is 0 Å². The highest BCUT2D eigenvalue weighted by atomic mass is 16.2. The van der Waals surface area contributed by atoms with E-state index in [-0.39, 0.29) is 6.04 Å². The van der Waals surface area contributed by atoms with Crippen LogP contribution in [0.4, 0.5) is 0 Å². The topological polar surface area (TPSA) is 35.6 Å². The van der Waals surface area contributed by atoms with Gasteiger partial charge in [-0.2, -0.15) is 0 Å². The molecule has 0 aromatic rings. The summed E-state index contributed by atoms with van der Waals surface area (Å²) in [6.45, 7) is 2.88. The highest BCUT2D eigenvalue weighted by Crippen LogP contribution is 2.26. The van der Waals surface area contributed by atoms with E-state index >= 15 is 0 Å². The number of nitrogens with zero attached hydrogens (tertiary/aromatic N) is 2. The van der Waals surface area contributed by atoms with Gasteiger partial charge in [-0.15, -0.1) is 0 Å². The van der Waals surface area contributed by atoms with Gasteiger partial charge >= 0.3 is 0 Å². The van der Waals surface area contributed by atoms with Crippen LogP contribution < -0.4 is 5.32 Å². The predicted octanol–water partition coefficient (Wildman–Crippen LogP) is 1.46. The Kier molecular flexibility index (Phi) is 5.64. The Hall–Kier alpha value is -0.610. The van der Waals surface area contributed by atoms with Crippen LogP contribution in [0.1, 0.15) is 44.9 Å². The number of hydrogen-bond donors (Lipinski definition) is 1. The molecule has 4 nitrogen and oxygen atoms in total. The van der Waals surface area contributed by atoms with Crippen LogP contribution >= 0.6 is 0 Å². The second-order valence-corrected chi connectivity index (χ2v) is 6.05. The lowest BCUT2D eigenvalue weighted by Crippen LogP contribution is -2.59. The molecule has 1 N–H and O–H groups in total. The Morgan fingerprint density at radius 3 is 2.47 bits per heavy atom. The van der Waals surface area contributed by atoms with Crippen LogP contribution in [0.3, 0.4) is 0 Å². The number of carbonyl (C=O) groups is 1. The zero-order chi connectivity index (χ0) is 13.7. The summed E-state index contributed by atoms with van der Waals surface area (Å²) >= 11 is 0. The average Bonchev–Trinajstić information content (AvgIpc) is 2.69. The van der Waals surface area contributed by atoms with Gasteiger partial charge in [0.05, 0.1) is 6.04 Å². The van der Waals surface area contributed by atoms with Gasteiger partial charge in [0, 0.05) is 26.2 Å². The monoisotopic (exact) mass is 267 g/mol. The molecule has 0 bridgehead atoms. The Morgan fingerprint density at radius 2 is 1.84 bits per heavy atom. The minimum Gasteiger partial charge on any atom is -0.343 e. The number of nitrogens with one attached hydrogen (secondary N) is 1. The highest BCUT2D eigenvalue weighted by molar-refractivity contribution is 5.82. The number of piperazine rings is 1. The lowest BCUT2D eigenvalue weighted by molar-refractivity contribution is -0.142. The Balaban J connectivity index is 2.03.